The lowest BCUT2D eigenvalue weighted by molar-refractivity contribution is 0.601. The van der Waals surface area contributed by atoms with E-state index in [1.54, 1.807) is 11.7 Å². The van der Waals surface area contributed by atoms with Crippen LogP contribution in [0.1, 0.15) is 19.0 Å². The van der Waals surface area contributed by atoms with Gasteiger partial charge in [-0.1, -0.05) is 6.92 Å². The van der Waals surface area contributed by atoms with Gasteiger partial charge in [-0.25, -0.2) is 8.42 Å². The van der Waals surface area contributed by atoms with Gasteiger partial charge in [0.1, 0.15) is 5.82 Å². The van der Waals surface area contributed by atoms with Crippen molar-refractivity contribution in [3.8, 4) is 0 Å². The third-order valence-corrected chi connectivity index (χ3v) is 4.84. The van der Waals surface area contributed by atoms with Crippen LogP contribution >= 0.6 is 0 Å². The normalized spacial score (nSPS) is 22.8. The Morgan fingerprint density at radius 2 is 2.29 bits per heavy atom. The molecule has 1 unspecified atom stereocenters. The number of nitrogens with two attached hydrogens (primary N) is 1. The number of aryl methyl sites for hydroxylation is 2. The first-order chi connectivity index (χ1) is 7.93. The lowest BCUT2D eigenvalue weighted by atomic mass is 10.2. The molecule has 1 saturated heterocycles. The average Bonchev–Trinajstić information content (AvgIpc) is 2.72. The van der Waals surface area contributed by atoms with Crippen molar-refractivity contribution < 1.29 is 8.42 Å². The summed E-state index contributed by atoms with van der Waals surface area (Å²) in [6.07, 6.45) is 1.40. The molecule has 1 aromatic rings. The Bertz CT molecular complexity index is 521. The average molecular weight is 258 g/mol. The summed E-state index contributed by atoms with van der Waals surface area (Å²) in [5.74, 6) is 1.16. The molecule has 2 rings (SSSR count). The van der Waals surface area contributed by atoms with E-state index in [4.69, 9.17) is 5.73 Å². The number of hydrogen-bond donors (Lipinski definition) is 2. The Morgan fingerprint density at radius 1 is 1.59 bits per heavy atom. The Kier molecular flexibility index (Phi) is 3.03. The molecule has 1 aliphatic heterocycles. The van der Waals surface area contributed by atoms with Crippen molar-refractivity contribution in [1.29, 1.82) is 0 Å². The highest BCUT2D eigenvalue weighted by molar-refractivity contribution is 7.91. The monoisotopic (exact) mass is 258 g/mol. The first-order valence-electron chi connectivity index (χ1n) is 5.71. The van der Waals surface area contributed by atoms with Crippen LogP contribution in [0.4, 0.5) is 11.5 Å². The molecule has 0 saturated carbocycles. The highest BCUT2D eigenvalue weighted by Gasteiger charge is 2.29. The number of nitrogens with one attached hydrogen (secondary N) is 1. The highest BCUT2D eigenvalue weighted by atomic mass is 32.2. The summed E-state index contributed by atoms with van der Waals surface area (Å²) in [6, 6.07) is -0.0533. The minimum absolute atomic E-state index is 0.0533. The molecule has 3 N–H and O–H groups in total. The molecule has 1 fully saturated rings. The van der Waals surface area contributed by atoms with Crippen molar-refractivity contribution in [3.05, 3.63) is 5.69 Å². The maximum absolute atomic E-state index is 11.4. The van der Waals surface area contributed by atoms with Gasteiger partial charge in [0.2, 0.25) is 0 Å². The Hall–Kier alpha value is -1.24. The number of aromatic nitrogens is 2. The Balaban J connectivity index is 2.17. The quantitative estimate of drug-likeness (QED) is 0.806. The van der Waals surface area contributed by atoms with Crippen molar-refractivity contribution in [3.63, 3.8) is 0 Å². The lowest BCUT2D eigenvalue weighted by Crippen LogP contribution is -2.22. The van der Waals surface area contributed by atoms with Crippen molar-refractivity contribution in [2.45, 2.75) is 25.8 Å². The van der Waals surface area contributed by atoms with Gasteiger partial charge in [-0.3, -0.25) is 4.68 Å². The van der Waals surface area contributed by atoms with E-state index in [9.17, 15) is 8.42 Å². The minimum Gasteiger partial charge on any atom is -0.394 e. The summed E-state index contributed by atoms with van der Waals surface area (Å²) >= 11 is 0. The maximum atomic E-state index is 11.4. The van der Waals surface area contributed by atoms with Crippen LogP contribution in [0.3, 0.4) is 0 Å². The molecule has 0 spiro atoms. The van der Waals surface area contributed by atoms with Gasteiger partial charge in [0.25, 0.3) is 0 Å². The molecule has 0 amide bonds. The number of rotatable bonds is 3. The Labute approximate surface area is 101 Å². The smallest absolute Gasteiger partial charge is 0.152 e. The maximum Gasteiger partial charge on any atom is 0.152 e. The number of nitrogen functional groups attached to an aromatic ring is 1. The first-order valence-corrected chi connectivity index (χ1v) is 7.53. The van der Waals surface area contributed by atoms with E-state index >= 15 is 0 Å². The fourth-order valence-corrected chi connectivity index (χ4v) is 3.80. The van der Waals surface area contributed by atoms with E-state index in [2.05, 4.69) is 10.4 Å². The van der Waals surface area contributed by atoms with Gasteiger partial charge in [-0.2, -0.15) is 5.10 Å². The van der Waals surface area contributed by atoms with Gasteiger partial charge in [0.15, 0.2) is 9.84 Å². The van der Waals surface area contributed by atoms with Gasteiger partial charge in [-0.05, 0) is 12.8 Å². The van der Waals surface area contributed by atoms with Crippen LogP contribution in [0.15, 0.2) is 0 Å². The number of hydrogen-bond acceptors (Lipinski definition) is 5. The predicted molar refractivity (Wildman–Crippen MR) is 67.7 cm³/mol. The summed E-state index contributed by atoms with van der Waals surface area (Å²) in [4.78, 5) is 0. The van der Waals surface area contributed by atoms with Crippen molar-refractivity contribution >= 4 is 21.3 Å². The van der Waals surface area contributed by atoms with Crippen LogP contribution in [0.5, 0.6) is 0 Å². The van der Waals surface area contributed by atoms with Gasteiger partial charge in [0, 0.05) is 13.1 Å². The van der Waals surface area contributed by atoms with Crippen LogP contribution < -0.4 is 11.1 Å². The molecule has 6 nitrogen and oxygen atoms in total. The molecular weight excluding hydrogens is 240 g/mol. The molecule has 1 atom stereocenters. The third kappa shape index (κ3) is 2.38. The van der Waals surface area contributed by atoms with Gasteiger partial charge in [-0.15, -0.1) is 0 Å². The molecule has 2 heterocycles. The minimum atomic E-state index is -2.87. The third-order valence-electron chi connectivity index (χ3n) is 3.07. The molecule has 0 bridgehead atoms. The molecule has 1 aliphatic rings. The summed E-state index contributed by atoms with van der Waals surface area (Å²) in [5.41, 5.74) is 7.43. The SMILES string of the molecule is CCc1nn(C)c(NC2CCS(=O)(=O)C2)c1N. The molecular formula is C10H18N4O2S. The Morgan fingerprint density at radius 3 is 2.76 bits per heavy atom. The summed E-state index contributed by atoms with van der Waals surface area (Å²) in [5, 5.41) is 7.47. The second-order valence-corrected chi connectivity index (χ2v) is 6.66. The van der Waals surface area contributed by atoms with Crippen LogP contribution in [0.25, 0.3) is 0 Å². The predicted octanol–water partition coefficient (Wildman–Crippen LogP) is 0.164. The molecule has 96 valence electrons. The van der Waals surface area contributed by atoms with Gasteiger partial charge >= 0.3 is 0 Å². The summed E-state index contributed by atoms with van der Waals surface area (Å²) < 4.78 is 24.4. The largest absolute Gasteiger partial charge is 0.394 e. The number of sulfone groups is 1. The van der Waals surface area contributed by atoms with E-state index in [0.29, 0.717) is 12.1 Å². The van der Waals surface area contributed by atoms with Gasteiger partial charge in [0.05, 0.1) is 22.9 Å². The summed E-state index contributed by atoms with van der Waals surface area (Å²) in [6.45, 7) is 1.99. The molecule has 0 aromatic carbocycles. The second-order valence-electron chi connectivity index (χ2n) is 4.43. The topological polar surface area (TPSA) is 90.0 Å². The first kappa shape index (κ1) is 12.2. The van der Waals surface area contributed by atoms with E-state index in [1.165, 1.54) is 0 Å². The van der Waals surface area contributed by atoms with Crippen molar-refractivity contribution in [1.82, 2.24) is 9.78 Å². The van der Waals surface area contributed by atoms with Crippen molar-refractivity contribution in [2.75, 3.05) is 22.6 Å². The van der Waals surface area contributed by atoms with Crippen LogP contribution in [0, 0.1) is 0 Å². The zero-order valence-electron chi connectivity index (χ0n) is 10.1. The molecule has 0 radical (unpaired) electrons. The second kappa shape index (κ2) is 4.21. The zero-order chi connectivity index (χ0) is 12.6. The standard InChI is InChI=1S/C10H18N4O2S/c1-3-8-9(11)10(14(2)13-8)12-7-4-5-17(15,16)6-7/h7,12H,3-6,11H2,1-2H3. The van der Waals surface area contributed by atoms with E-state index in [1.807, 2.05) is 6.92 Å². The van der Waals surface area contributed by atoms with Crippen LogP contribution in [-0.4, -0.2) is 35.7 Å². The zero-order valence-corrected chi connectivity index (χ0v) is 10.9. The molecule has 0 aliphatic carbocycles. The van der Waals surface area contributed by atoms with Crippen molar-refractivity contribution in [2.24, 2.45) is 7.05 Å². The highest BCUT2D eigenvalue weighted by Crippen LogP contribution is 2.25. The molecule has 7 heteroatoms. The van der Waals surface area contributed by atoms with E-state index in [-0.39, 0.29) is 17.5 Å². The number of anilines is 2. The van der Waals surface area contributed by atoms with E-state index < -0.39 is 9.84 Å². The fourth-order valence-electron chi connectivity index (χ4n) is 2.13. The lowest BCUT2D eigenvalue weighted by Gasteiger charge is -2.13. The molecule has 17 heavy (non-hydrogen) atoms. The summed E-state index contributed by atoms with van der Waals surface area (Å²) in [7, 11) is -1.07. The van der Waals surface area contributed by atoms with Gasteiger partial charge < -0.3 is 11.1 Å². The van der Waals surface area contributed by atoms with E-state index in [0.717, 1.165) is 17.9 Å². The number of nitrogens with zero attached hydrogens (tertiary/aromatic N) is 2. The molecule has 1 aromatic heterocycles. The fraction of sp³-hybridized carbons (Fsp3) is 0.700. The van der Waals surface area contributed by atoms with Crippen LogP contribution in [0.2, 0.25) is 0 Å². The van der Waals surface area contributed by atoms with Crippen LogP contribution in [-0.2, 0) is 23.3 Å².